The molecule has 1 aliphatic carbocycles. The van der Waals surface area contributed by atoms with Crippen LogP contribution in [0.25, 0.3) is 6.08 Å². The van der Waals surface area contributed by atoms with Gasteiger partial charge in [0.1, 0.15) is 0 Å². The van der Waals surface area contributed by atoms with Crippen molar-refractivity contribution < 1.29 is 13.6 Å². The van der Waals surface area contributed by atoms with Crippen LogP contribution in [0.5, 0.6) is 0 Å². The van der Waals surface area contributed by atoms with Crippen LogP contribution in [0.4, 0.5) is 8.78 Å². The molecule has 0 saturated carbocycles. The molecule has 2 rings (SSSR count). The average molecular weight is 236 g/mol. The van der Waals surface area contributed by atoms with Gasteiger partial charge in [-0.1, -0.05) is 20.8 Å². The van der Waals surface area contributed by atoms with E-state index >= 15 is 0 Å². The topological polar surface area (TPSA) is 17.1 Å². The molecule has 0 N–H and O–H groups in total. The molecule has 0 fully saturated rings. The fourth-order valence-corrected chi connectivity index (χ4v) is 1.96. The number of ketones is 1. The van der Waals surface area contributed by atoms with Gasteiger partial charge in [0.05, 0.1) is 0 Å². The van der Waals surface area contributed by atoms with Gasteiger partial charge in [0.25, 0.3) is 0 Å². The molecule has 0 radical (unpaired) electrons. The number of carbonyl (C=O) groups excluding carboxylic acids is 1. The minimum atomic E-state index is -0.871. The monoisotopic (exact) mass is 236 g/mol. The van der Waals surface area contributed by atoms with Crippen LogP contribution in [0.1, 0.15) is 31.9 Å². The number of Topliss-reactive ketones (excluding diaryl/α,β-unsaturated/α-hetero) is 1. The van der Waals surface area contributed by atoms with Gasteiger partial charge in [0.15, 0.2) is 17.4 Å². The van der Waals surface area contributed by atoms with Crippen LogP contribution in [0.15, 0.2) is 17.7 Å². The van der Waals surface area contributed by atoms with Gasteiger partial charge in [-0.05, 0) is 29.3 Å². The zero-order valence-corrected chi connectivity index (χ0v) is 10.1. The third-order valence-electron chi connectivity index (χ3n) is 2.87. The van der Waals surface area contributed by atoms with Gasteiger partial charge in [-0.15, -0.1) is 0 Å². The molecular weight excluding hydrogens is 222 g/mol. The predicted octanol–water partition coefficient (Wildman–Crippen LogP) is 3.52. The van der Waals surface area contributed by atoms with Crippen molar-refractivity contribution in [2.75, 3.05) is 0 Å². The Morgan fingerprint density at radius 1 is 1.18 bits per heavy atom. The summed E-state index contributed by atoms with van der Waals surface area (Å²) < 4.78 is 26.1. The van der Waals surface area contributed by atoms with E-state index in [1.807, 2.05) is 20.8 Å². The number of fused-ring (bicyclic) bond motifs is 1. The van der Waals surface area contributed by atoms with Crippen LogP contribution in [-0.2, 0) is 11.2 Å². The molecule has 0 atom stereocenters. The largest absolute Gasteiger partial charge is 0.294 e. The van der Waals surface area contributed by atoms with Crippen molar-refractivity contribution in [2.45, 2.75) is 27.2 Å². The summed E-state index contributed by atoms with van der Waals surface area (Å²) in [6.07, 6.45) is 2.05. The number of rotatable bonds is 1. The molecule has 0 unspecified atom stereocenters. The molecule has 0 heterocycles. The van der Waals surface area contributed by atoms with E-state index in [4.69, 9.17) is 0 Å². The molecule has 3 heteroatoms. The highest BCUT2D eigenvalue weighted by Crippen LogP contribution is 2.31. The van der Waals surface area contributed by atoms with Gasteiger partial charge in [-0.25, -0.2) is 8.78 Å². The van der Waals surface area contributed by atoms with E-state index in [-0.39, 0.29) is 5.78 Å². The van der Waals surface area contributed by atoms with Crippen LogP contribution >= 0.6 is 0 Å². The molecule has 1 aromatic carbocycles. The predicted molar refractivity (Wildman–Crippen MR) is 62.5 cm³/mol. The normalized spacial score (nSPS) is 14.5. The maximum Gasteiger partial charge on any atom is 0.164 e. The molecule has 0 aliphatic heterocycles. The summed E-state index contributed by atoms with van der Waals surface area (Å²) in [4.78, 5) is 12.0. The second kappa shape index (κ2) is 3.76. The molecule has 17 heavy (non-hydrogen) atoms. The summed E-state index contributed by atoms with van der Waals surface area (Å²) in [6.45, 7) is 5.50. The van der Waals surface area contributed by atoms with Crippen LogP contribution in [0.2, 0.25) is 0 Å². The Hall–Kier alpha value is -1.51. The lowest BCUT2D eigenvalue weighted by Crippen LogP contribution is -2.21. The fraction of sp³-hybridized carbons (Fsp3) is 0.357. The van der Waals surface area contributed by atoms with E-state index in [1.165, 1.54) is 6.07 Å². The van der Waals surface area contributed by atoms with E-state index in [0.29, 0.717) is 23.1 Å². The van der Waals surface area contributed by atoms with E-state index in [9.17, 15) is 13.6 Å². The van der Waals surface area contributed by atoms with Gasteiger partial charge < -0.3 is 0 Å². The minimum absolute atomic E-state index is 0.0227. The van der Waals surface area contributed by atoms with E-state index < -0.39 is 17.0 Å². The van der Waals surface area contributed by atoms with Crippen LogP contribution < -0.4 is 0 Å². The van der Waals surface area contributed by atoms with E-state index in [0.717, 1.165) is 6.07 Å². The first kappa shape index (κ1) is 12.0. The molecule has 90 valence electrons. The van der Waals surface area contributed by atoms with Gasteiger partial charge >= 0.3 is 0 Å². The number of carbonyl (C=O) groups is 1. The molecule has 0 amide bonds. The maximum atomic E-state index is 13.1. The molecule has 0 saturated heterocycles. The van der Waals surface area contributed by atoms with Crippen molar-refractivity contribution in [2.24, 2.45) is 5.41 Å². The highest BCUT2D eigenvalue weighted by molar-refractivity contribution is 6.04. The third-order valence-corrected chi connectivity index (χ3v) is 2.87. The van der Waals surface area contributed by atoms with Crippen molar-refractivity contribution in [1.82, 2.24) is 0 Å². The summed E-state index contributed by atoms with van der Waals surface area (Å²) in [5, 5.41) is 0. The zero-order chi connectivity index (χ0) is 12.8. The summed E-state index contributed by atoms with van der Waals surface area (Å²) in [5.41, 5.74) is 1.44. The molecule has 1 nitrogen and oxygen atoms in total. The Kier molecular flexibility index (Phi) is 2.64. The fourth-order valence-electron chi connectivity index (χ4n) is 1.96. The first-order valence-electron chi connectivity index (χ1n) is 5.52. The van der Waals surface area contributed by atoms with Crippen LogP contribution in [0, 0.1) is 17.0 Å². The van der Waals surface area contributed by atoms with Crippen molar-refractivity contribution in [3.8, 4) is 0 Å². The number of hydrogen-bond acceptors (Lipinski definition) is 1. The summed E-state index contributed by atoms with van der Waals surface area (Å²) in [7, 11) is 0. The second-order valence-corrected chi connectivity index (χ2v) is 5.39. The second-order valence-electron chi connectivity index (χ2n) is 5.39. The summed E-state index contributed by atoms with van der Waals surface area (Å²) >= 11 is 0. The Labute approximate surface area is 99.1 Å². The number of benzene rings is 1. The third kappa shape index (κ3) is 2.14. The first-order valence-corrected chi connectivity index (χ1v) is 5.52. The minimum Gasteiger partial charge on any atom is -0.294 e. The Bertz CT molecular complexity index is 522. The molecular formula is C14H14F2O. The van der Waals surface area contributed by atoms with E-state index in [2.05, 4.69) is 0 Å². The smallest absolute Gasteiger partial charge is 0.164 e. The zero-order valence-electron chi connectivity index (χ0n) is 10.1. The van der Waals surface area contributed by atoms with Crippen molar-refractivity contribution in [3.63, 3.8) is 0 Å². The summed E-state index contributed by atoms with van der Waals surface area (Å²) in [5.74, 6) is -1.71. The summed E-state index contributed by atoms with van der Waals surface area (Å²) in [6, 6.07) is 2.32. The number of hydrogen-bond donors (Lipinski definition) is 0. The standard InChI is InChI=1S/C14H14F2O/c1-14(2,3)13(17)10-4-8-6-11(15)12(16)7-9(8)5-10/h4,6-7H,5H2,1-3H3. The van der Waals surface area contributed by atoms with Gasteiger partial charge in [-0.2, -0.15) is 0 Å². The number of allylic oxidation sites excluding steroid dienone is 1. The van der Waals surface area contributed by atoms with Crippen LogP contribution in [0.3, 0.4) is 0 Å². The highest BCUT2D eigenvalue weighted by Gasteiger charge is 2.28. The van der Waals surface area contributed by atoms with Crippen molar-refractivity contribution in [1.29, 1.82) is 0 Å². The Morgan fingerprint density at radius 2 is 1.76 bits per heavy atom. The van der Waals surface area contributed by atoms with Crippen LogP contribution in [-0.4, -0.2) is 5.78 Å². The van der Waals surface area contributed by atoms with E-state index in [1.54, 1.807) is 6.08 Å². The molecule has 0 spiro atoms. The molecule has 0 bridgehead atoms. The Morgan fingerprint density at radius 3 is 2.35 bits per heavy atom. The first-order chi connectivity index (χ1) is 7.79. The lowest BCUT2D eigenvalue weighted by Gasteiger charge is -2.17. The lowest BCUT2D eigenvalue weighted by molar-refractivity contribution is -0.122. The SMILES string of the molecule is CC(C)(C)C(=O)C1=Cc2cc(F)c(F)cc2C1. The van der Waals surface area contributed by atoms with Gasteiger partial charge in [-0.3, -0.25) is 4.79 Å². The number of halogens is 2. The molecule has 0 aromatic heterocycles. The Balaban J connectivity index is 2.36. The highest BCUT2D eigenvalue weighted by atomic mass is 19.2. The average Bonchev–Trinajstić information content (AvgIpc) is 2.59. The molecule has 1 aliphatic rings. The van der Waals surface area contributed by atoms with Gasteiger partial charge in [0, 0.05) is 17.4 Å². The van der Waals surface area contributed by atoms with Crippen molar-refractivity contribution >= 4 is 11.9 Å². The van der Waals surface area contributed by atoms with Gasteiger partial charge in [0.2, 0.25) is 0 Å². The quantitative estimate of drug-likeness (QED) is 0.729. The van der Waals surface area contributed by atoms with Crippen molar-refractivity contribution in [3.05, 3.63) is 40.5 Å². The maximum absolute atomic E-state index is 13.1. The molecule has 1 aromatic rings. The lowest BCUT2D eigenvalue weighted by atomic mass is 9.86.